The number of fused-ring (bicyclic) bond motifs is 2. The van der Waals surface area contributed by atoms with E-state index in [1.807, 2.05) is 23.9 Å². The number of aliphatic carboxylic acids is 3. The van der Waals surface area contributed by atoms with E-state index in [4.69, 9.17) is 29.9 Å². The minimum atomic E-state index is -2.74. The molecular weight excluding hydrogens is 526 g/mol. The maximum absolute atomic E-state index is 11.3. The zero-order valence-electron chi connectivity index (χ0n) is 23.0. The maximum atomic E-state index is 11.3. The number of hydrogen-bond donors (Lipinski definition) is 5. The second-order valence-electron chi connectivity index (χ2n) is 10.5. The van der Waals surface area contributed by atoms with Gasteiger partial charge in [0.15, 0.2) is 17.1 Å². The first-order valence-corrected chi connectivity index (χ1v) is 12.8. The lowest BCUT2D eigenvalue weighted by Crippen LogP contribution is -2.50. The molecule has 0 aliphatic carbocycles. The molecule has 1 aromatic carbocycles. The third kappa shape index (κ3) is 6.72. The molecule has 13 nitrogen and oxygen atoms in total. The molecule has 4 rings (SSSR count). The predicted octanol–water partition coefficient (Wildman–Crippen LogP) is 1.51. The minimum absolute atomic E-state index is 0.373. The van der Waals surface area contributed by atoms with E-state index in [1.54, 1.807) is 20.4 Å². The van der Waals surface area contributed by atoms with Crippen LogP contribution in [-0.4, -0.2) is 89.8 Å². The van der Waals surface area contributed by atoms with Crippen LogP contribution in [0.3, 0.4) is 0 Å². The average molecular weight is 564 g/mol. The van der Waals surface area contributed by atoms with Gasteiger partial charge in [-0.2, -0.15) is 0 Å². The predicted molar refractivity (Wildman–Crippen MR) is 140 cm³/mol. The number of carboxylic acids is 3. The van der Waals surface area contributed by atoms with Gasteiger partial charge in [-0.25, -0.2) is 9.78 Å². The third-order valence-corrected chi connectivity index (χ3v) is 7.64. The molecule has 2 aliphatic rings. The number of nitrogens with zero attached hydrogens (tertiary/aromatic N) is 3. The van der Waals surface area contributed by atoms with E-state index in [2.05, 4.69) is 22.9 Å². The summed E-state index contributed by atoms with van der Waals surface area (Å²) in [7, 11) is 5.30. The molecule has 13 heteroatoms. The molecule has 2 atom stereocenters. The number of aromatic nitrogens is 2. The Hall–Kier alpha value is -3.68. The number of piperidine rings is 1. The van der Waals surface area contributed by atoms with Crippen molar-refractivity contribution in [3.05, 3.63) is 41.5 Å². The first-order chi connectivity index (χ1) is 18.7. The van der Waals surface area contributed by atoms with Gasteiger partial charge >= 0.3 is 17.9 Å². The van der Waals surface area contributed by atoms with Crippen molar-refractivity contribution in [2.24, 2.45) is 7.05 Å². The fraction of sp³-hybridized carbons (Fsp3) is 0.556. The van der Waals surface area contributed by atoms with Gasteiger partial charge in [0.2, 0.25) is 0 Å². The van der Waals surface area contributed by atoms with E-state index < -0.39 is 42.0 Å². The van der Waals surface area contributed by atoms with Crippen molar-refractivity contribution in [3.8, 4) is 11.5 Å². The van der Waals surface area contributed by atoms with Crippen LogP contribution < -0.4 is 9.47 Å². The van der Waals surface area contributed by atoms with Crippen LogP contribution in [0, 0.1) is 6.92 Å². The Morgan fingerprint density at radius 3 is 1.98 bits per heavy atom. The number of methoxy groups -OCH3 is 2. The van der Waals surface area contributed by atoms with Crippen LogP contribution in [-0.2, 0) is 33.6 Å². The van der Waals surface area contributed by atoms with Crippen molar-refractivity contribution < 1.29 is 49.4 Å². The van der Waals surface area contributed by atoms with Crippen molar-refractivity contribution in [1.82, 2.24) is 14.5 Å². The highest BCUT2D eigenvalue weighted by atomic mass is 16.5. The van der Waals surface area contributed by atoms with Gasteiger partial charge in [-0.15, -0.1) is 0 Å². The minimum Gasteiger partial charge on any atom is -0.493 e. The highest BCUT2D eigenvalue weighted by Gasteiger charge is 2.50. The summed E-state index contributed by atoms with van der Waals surface area (Å²) in [5.41, 5.74) is -1.10. The first-order valence-electron chi connectivity index (χ1n) is 12.8. The number of rotatable bonds is 10. The monoisotopic (exact) mass is 563 g/mol. The molecule has 3 heterocycles. The highest BCUT2D eigenvalue weighted by molar-refractivity contribution is 5.88. The van der Waals surface area contributed by atoms with Gasteiger partial charge in [0.1, 0.15) is 11.4 Å². The lowest BCUT2D eigenvalue weighted by Gasteiger charge is -2.43. The summed E-state index contributed by atoms with van der Waals surface area (Å²) in [5, 5.41) is 45.1. The van der Waals surface area contributed by atoms with Gasteiger partial charge in [-0.05, 0) is 55.9 Å². The number of aliphatic hydroxyl groups is 2. The van der Waals surface area contributed by atoms with E-state index in [1.165, 1.54) is 11.1 Å². The Morgan fingerprint density at radius 1 is 1.02 bits per heavy atom. The number of benzene rings is 1. The number of imidazole rings is 1. The zero-order chi connectivity index (χ0) is 29.8. The molecular formula is C27H37N3O10. The van der Waals surface area contributed by atoms with Crippen LogP contribution in [0.5, 0.6) is 11.5 Å². The summed E-state index contributed by atoms with van der Waals surface area (Å²) >= 11 is 0. The van der Waals surface area contributed by atoms with Crippen LogP contribution in [0.4, 0.5) is 0 Å². The zero-order valence-corrected chi connectivity index (χ0v) is 23.0. The Balaban J connectivity index is 0.000000289. The molecule has 2 unspecified atom stereocenters. The van der Waals surface area contributed by atoms with Crippen molar-refractivity contribution in [2.45, 2.75) is 75.3 Å². The molecule has 2 saturated heterocycles. The summed E-state index contributed by atoms with van der Waals surface area (Å²) in [6, 6.07) is 4.88. The van der Waals surface area contributed by atoms with E-state index in [0.717, 1.165) is 49.6 Å². The van der Waals surface area contributed by atoms with Crippen molar-refractivity contribution in [2.75, 3.05) is 14.2 Å². The quantitative estimate of drug-likeness (QED) is 0.280. The second kappa shape index (κ2) is 12.2. The average Bonchev–Trinajstić information content (AvgIpc) is 3.40. The van der Waals surface area contributed by atoms with Crippen LogP contribution in [0.15, 0.2) is 24.5 Å². The molecule has 2 aliphatic heterocycles. The van der Waals surface area contributed by atoms with Crippen LogP contribution in [0.25, 0.3) is 0 Å². The van der Waals surface area contributed by atoms with Crippen LogP contribution >= 0.6 is 0 Å². The number of ether oxygens (including phenoxy) is 2. The van der Waals surface area contributed by atoms with E-state index in [-0.39, 0.29) is 0 Å². The lowest BCUT2D eigenvalue weighted by atomic mass is 9.85. The lowest BCUT2D eigenvalue weighted by molar-refractivity contribution is -0.170. The smallest absolute Gasteiger partial charge is 0.336 e. The molecule has 220 valence electrons. The Morgan fingerprint density at radius 2 is 1.55 bits per heavy atom. The number of hydrogen-bond acceptors (Lipinski definition) is 9. The summed E-state index contributed by atoms with van der Waals surface area (Å²) in [4.78, 5) is 37.5. The van der Waals surface area contributed by atoms with Crippen molar-refractivity contribution in [1.29, 1.82) is 0 Å². The summed E-state index contributed by atoms with van der Waals surface area (Å²) in [5.74, 6) is -2.69. The molecule has 5 N–H and O–H groups in total. The second-order valence-corrected chi connectivity index (χ2v) is 10.5. The first kappa shape index (κ1) is 30.9. The normalized spacial score (nSPS) is 22.2. The van der Waals surface area contributed by atoms with Gasteiger partial charge in [0.05, 0.1) is 27.1 Å². The number of carbonyl (C=O) groups is 3. The molecule has 0 spiro atoms. The van der Waals surface area contributed by atoms with Gasteiger partial charge in [-0.1, -0.05) is 0 Å². The third-order valence-electron chi connectivity index (χ3n) is 7.64. The van der Waals surface area contributed by atoms with E-state index >= 15 is 0 Å². The standard InChI is InChI=1S/C21H29N3O3.C6H8O7/c1-14-9-18(26-3)19(27-4)10-15(14)13-24-16-5-6-17(24)12-21(25,11-16)20-22-7-8-23(20)2;7-3(8)1-6(13,5(11)12)2-4(9)10/h7-10,16-17,25H,5-6,11-13H2,1-4H3;13H,1-2H2,(H,7,8)(H,9,10)(H,11,12). The molecule has 2 aromatic rings. The van der Waals surface area contributed by atoms with E-state index in [9.17, 15) is 19.5 Å². The van der Waals surface area contributed by atoms with Gasteiger partial charge in [0, 0.05) is 38.1 Å². The SMILES string of the molecule is COc1cc(C)c(CN2C3CCC2CC(O)(c2nccn2C)C3)cc1OC.O=C(O)CC(O)(CC(=O)O)C(=O)O. The Bertz CT molecular complexity index is 1210. The van der Waals surface area contributed by atoms with E-state index in [0.29, 0.717) is 12.1 Å². The molecule has 0 amide bonds. The summed E-state index contributed by atoms with van der Waals surface area (Å²) in [6.45, 7) is 2.99. The largest absolute Gasteiger partial charge is 0.493 e. The molecule has 0 saturated carbocycles. The molecule has 40 heavy (non-hydrogen) atoms. The fourth-order valence-electron chi connectivity index (χ4n) is 5.67. The summed E-state index contributed by atoms with van der Waals surface area (Å²) in [6.07, 6.45) is 5.13. The summed E-state index contributed by atoms with van der Waals surface area (Å²) < 4.78 is 12.9. The van der Waals surface area contributed by atoms with Gasteiger partial charge in [0.25, 0.3) is 0 Å². The van der Waals surface area contributed by atoms with Gasteiger partial charge < -0.3 is 39.6 Å². The molecule has 0 radical (unpaired) electrons. The maximum Gasteiger partial charge on any atom is 0.336 e. The number of carboxylic acid groups (broad SMARTS) is 3. The Kier molecular flexibility index (Phi) is 9.44. The van der Waals surface area contributed by atoms with Crippen LogP contribution in [0.1, 0.15) is 55.5 Å². The highest BCUT2D eigenvalue weighted by Crippen LogP contribution is 2.46. The molecule has 2 bridgehead atoms. The topological polar surface area (TPSA) is 192 Å². The van der Waals surface area contributed by atoms with Crippen LogP contribution in [0.2, 0.25) is 0 Å². The Labute approximate surface area is 231 Å². The van der Waals surface area contributed by atoms with Crippen molar-refractivity contribution in [3.63, 3.8) is 0 Å². The number of aryl methyl sites for hydroxylation is 2. The van der Waals surface area contributed by atoms with Crippen molar-refractivity contribution >= 4 is 17.9 Å². The molecule has 2 fully saturated rings. The molecule has 1 aromatic heterocycles. The fourth-order valence-corrected chi connectivity index (χ4v) is 5.67. The van der Waals surface area contributed by atoms with Gasteiger partial charge in [-0.3, -0.25) is 14.5 Å².